The van der Waals surface area contributed by atoms with Gasteiger partial charge in [-0.05, 0) is 37.3 Å². The summed E-state index contributed by atoms with van der Waals surface area (Å²) in [5.41, 5.74) is 2.04. The Balaban J connectivity index is 1.51. The van der Waals surface area contributed by atoms with Gasteiger partial charge in [-0.15, -0.1) is 0 Å². The molecule has 1 amide bonds. The molecule has 1 aliphatic heterocycles. The fraction of sp³-hybridized carbons (Fsp3) is 0.435. The number of nitrogens with one attached hydrogen (secondary N) is 1. The van der Waals surface area contributed by atoms with Gasteiger partial charge >= 0.3 is 0 Å². The first-order chi connectivity index (χ1) is 14.5. The molecule has 162 valence electrons. The maximum Gasteiger partial charge on any atom is 0.224 e. The van der Waals surface area contributed by atoms with Gasteiger partial charge in [0.25, 0.3) is 0 Å². The number of sulfonamides is 1. The van der Waals surface area contributed by atoms with Crippen LogP contribution in [0.25, 0.3) is 0 Å². The summed E-state index contributed by atoms with van der Waals surface area (Å²) in [5, 5.41) is 2.94. The van der Waals surface area contributed by atoms with E-state index in [4.69, 9.17) is 4.74 Å². The van der Waals surface area contributed by atoms with Crippen LogP contribution in [0.1, 0.15) is 30.4 Å². The Hall–Kier alpha value is -2.38. The van der Waals surface area contributed by atoms with Crippen molar-refractivity contribution in [1.82, 2.24) is 9.62 Å². The first kappa shape index (κ1) is 22.3. The number of benzene rings is 2. The summed E-state index contributed by atoms with van der Waals surface area (Å²) in [6.07, 6.45) is 2.71. The van der Waals surface area contributed by atoms with Gasteiger partial charge in [-0.2, -0.15) is 0 Å². The second-order valence-corrected chi connectivity index (χ2v) is 9.72. The Morgan fingerprint density at radius 3 is 2.63 bits per heavy atom. The second kappa shape index (κ2) is 10.6. The van der Waals surface area contributed by atoms with Crippen LogP contribution in [0.4, 0.5) is 0 Å². The van der Waals surface area contributed by atoms with Crippen molar-refractivity contribution >= 4 is 15.9 Å². The van der Waals surface area contributed by atoms with Crippen molar-refractivity contribution in [3.05, 3.63) is 65.7 Å². The Morgan fingerprint density at radius 1 is 1.13 bits per heavy atom. The molecule has 1 saturated heterocycles. The molecule has 0 bridgehead atoms. The first-order valence-corrected chi connectivity index (χ1v) is 12.0. The molecule has 3 rings (SSSR count). The third kappa shape index (κ3) is 6.06. The molecule has 7 heteroatoms. The number of ether oxygens (including phenoxy) is 1. The molecule has 30 heavy (non-hydrogen) atoms. The Morgan fingerprint density at radius 2 is 1.87 bits per heavy atom. The van der Waals surface area contributed by atoms with Crippen LogP contribution < -0.4 is 10.1 Å². The monoisotopic (exact) mass is 430 g/mol. The van der Waals surface area contributed by atoms with E-state index in [0.29, 0.717) is 32.4 Å². The number of carbonyl (C=O) groups excluding carboxylic acids is 1. The van der Waals surface area contributed by atoms with E-state index in [9.17, 15) is 13.2 Å². The first-order valence-electron chi connectivity index (χ1n) is 10.4. The van der Waals surface area contributed by atoms with E-state index in [1.165, 1.54) is 4.31 Å². The molecule has 1 aliphatic rings. The molecule has 2 aromatic rings. The van der Waals surface area contributed by atoms with Gasteiger partial charge in [0.1, 0.15) is 5.75 Å². The highest BCUT2D eigenvalue weighted by atomic mass is 32.2. The standard InChI is InChI=1S/C23H30N2O4S/c1-29-22-14-6-5-12-20(22)17-24-23(26)21-13-7-15-25(18-21)30(27,28)16-8-11-19-9-3-2-4-10-19/h2-6,9-10,12,14,21H,7-8,11,13,15-18H2,1H3,(H,24,26)/t21-/m1/s1. The number of methoxy groups -OCH3 is 1. The Kier molecular flexibility index (Phi) is 7.87. The third-order valence-corrected chi connectivity index (χ3v) is 7.43. The highest BCUT2D eigenvalue weighted by molar-refractivity contribution is 7.89. The second-order valence-electron chi connectivity index (χ2n) is 7.63. The van der Waals surface area contributed by atoms with Crippen molar-refractivity contribution in [2.24, 2.45) is 5.92 Å². The smallest absolute Gasteiger partial charge is 0.224 e. The number of amides is 1. The predicted octanol–water partition coefficient (Wildman–Crippen LogP) is 2.99. The molecule has 6 nitrogen and oxygen atoms in total. The number of rotatable bonds is 9. The van der Waals surface area contributed by atoms with Crippen LogP contribution in [0.5, 0.6) is 5.75 Å². The van der Waals surface area contributed by atoms with Crippen molar-refractivity contribution in [2.45, 2.75) is 32.2 Å². The average Bonchev–Trinajstić information content (AvgIpc) is 2.78. The van der Waals surface area contributed by atoms with Crippen molar-refractivity contribution in [3.8, 4) is 5.75 Å². The molecule has 0 aliphatic carbocycles. The molecule has 1 N–H and O–H groups in total. The number of hydrogen-bond donors (Lipinski definition) is 1. The SMILES string of the molecule is COc1ccccc1CNC(=O)[C@@H]1CCCN(S(=O)(=O)CCCc2ccccc2)C1. The zero-order chi connectivity index (χ0) is 21.4. The highest BCUT2D eigenvalue weighted by Gasteiger charge is 2.32. The minimum atomic E-state index is -3.36. The van der Waals surface area contributed by atoms with Gasteiger partial charge in [0.05, 0.1) is 18.8 Å². The molecule has 1 atom stereocenters. The molecular weight excluding hydrogens is 400 g/mol. The Labute approximate surface area is 179 Å². The van der Waals surface area contributed by atoms with E-state index < -0.39 is 10.0 Å². The fourth-order valence-electron chi connectivity index (χ4n) is 3.82. The topological polar surface area (TPSA) is 75.7 Å². The van der Waals surface area contributed by atoms with Gasteiger partial charge in [0.2, 0.25) is 15.9 Å². The molecular formula is C23H30N2O4S. The van der Waals surface area contributed by atoms with Gasteiger partial charge in [-0.1, -0.05) is 48.5 Å². The zero-order valence-corrected chi connectivity index (χ0v) is 18.2. The summed E-state index contributed by atoms with van der Waals surface area (Å²) in [5.74, 6) is 0.406. The molecule has 0 saturated carbocycles. The van der Waals surface area contributed by atoms with Crippen molar-refractivity contribution < 1.29 is 17.9 Å². The molecule has 0 unspecified atom stereocenters. The molecule has 1 heterocycles. The lowest BCUT2D eigenvalue weighted by Gasteiger charge is -2.31. The highest BCUT2D eigenvalue weighted by Crippen LogP contribution is 2.22. The lowest BCUT2D eigenvalue weighted by Crippen LogP contribution is -2.46. The van der Waals surface area contributed by atoms with Crippen LogP contribution in [-0.2, 0) is 27.8 Å². The maximum atomic E-state index is 12.8. The molecule has 2 aromatic carbocycles. The van der Waals surface area contributed by atoms with Crippen LogP contribution in [0.3, 0.4) is 0 Å². The van der Waals surface area contributed by atoms with Crippen molar-refractivity contribution in [1.29, 1.82) is 0 Å². The maximum absolute atomic E-state index is 12.8. The lowest BCUT2D eigenvalue weighted by molar-refractivity contribution is -0.126. The number of nitrogens with zero attached hydrogens (tertiary/aromatic N) is 1. The van der Waals surface area contributed by atoms with E-state index in [-0.39, 0.29) is 24.1 Å². The fourth-order valence-corrected chi connectivity index (χ4v) is 5.40. The minimum Gasteiger partial charge on any atom is -0.496 e. The van der Waals surface area contributed by atoms with Crippen molar-refractivity contribution in [3.63, 3.8) is 0 Å². The number of para-hydroxylation sites is 1. The number of piperidine rings is 1. The van der Waals surface area contributed by atoms with Crippen LogP contribution in [0.2, 0.25) is 0 Å². The third-order valence-electron chi connectivity index (χ3n) is 5.50. The summed E-state index contributed by atoms with van der Waals surface area (Å²) in [4.78, 5) is 12.7. The normalized spacial score (nSPS) is 17.4. The quantitative estimate of drug-likeness (QED) is 0.664. The molecule has 1 fully saturated rings. The van der Waals surface area contributed by atoms with Gasteiger partial charge in [0.15, 0.2) is 0 Å². The van der Waals surface area contributed by atoms with E-state index in [1.54, 1.807) is 7.11 Å². The predicted molar refractivity (Wildman–Crippen MR) is 118 cm³/mol. The summed E-state index contributed by atoms with van der Waals surface area (Å²) in [6.45, 7) is 1.11. The summed E-state index contributed by atoms with van der Waals surface area (Å²) >= 11 is 0. The zero-order valence-electron chi connectivity index (χ0n) is 17.4. The van der Waals surface area contributed by atoms with Crippen LogP contribution in [0.15, 0.2) is 54.6 Å². The van der Waals surface area contributed by atoms with E-state index in [0.717, 1.165) is 23.3 Å². The average molecular weight is 431 g/mol. The summed E-state index contributed by atoms with van der Waals surface area (Å²) in [7, 11) is -1.76. The molecule has 0 aromatic heterocycles. The van der Waals surface area contributed by atoms with Gasteiger partial charge in [-0.25, -0.2) is 12.7 Å². The van der Waals surface area contributed by atoms with Crippen LogP contribution >= 0.6 is 0 Å². The number of hydrogen-bond acceptors (Lipinski definition) is 4. The molecule has 0 spiro atoms. The Bertz CT molecular complexity index is 931. The van der Waals surface area contributed by atoms with Gasteiger partial charge in [-0.3, -0.25) is 4.79 Å². The van der Waals surface area contributed by atoms with E-state index in [1.807, 2.05) is 54.6 Å². The summed E-state index contributed by atoms with van der Waals surface area (Å²) < 4.78 is 32.4. The molecule has 0 radical (unpaired) electrons. The largest absolute Gasteiger partial charge is 0.496 e. The van der Waals surface area contributed by atoms with Gasteiger partial charge in [0, 0.05) is 25.2 Å². The minimum absolute atomic E-state index is 0.106. The summed E-state index contributed by atoms with van der Waals surface area (Å²) in [6, 6.07) is 17.4. The van der Waals surface area contributed by atoms with Gasteiger partial charge < -0.3 is 10.1 Å². The number of aryl methyl sites for hydroxylation is 1. The lowest BCUT2D eigenvalue weighted by atomic mass is 9.98. The van der Waals surface area contributed by atoms with Crippen LogP contribution in [0, 0.1) is 5.92 Å². The van der Waals surface area contributed by atoms with E-state index >= 15 is 0 Å². The van der Waals surface area contributed by atoms with E-state index in [2.05, 4.69) is 5.32 Å². The number of carbonyl (C=O) groups is 1. The van der Waals surface area contributed by atoms with Crippen molar-refractivity contribution in [2.75, 3.05) is 26.0 Å². The van der Waals surface area contributed by atoms with Crippen LogP contribution in [-0.4, -0.2) is 44.6 Å².